The van der Waals surface area contributed by atoms with Crippen LogP contribution in [-0.4, -0.2) is 25.3 Å². The maximum Gasteiger partial charge on any atom is 0.452 e. The van der Waals surface area contributed by atoms with E-state index in [-0.39, 0.29) is 5.65 Å². The number of rotatable bonds is 4. The molecule has 2 heterocycles. The molecule has 4 nitrogen and oxygen atoms in total. The number of para-hydroxylation sites is 2. The minimum absolute atomic E-state index is 0.159. The van der Waals surface area contributed by atoms with Crippen molar-refractivity contribution in [3.05, 3.63) is 30.1 Å². The standard InChI is InChI=1S/C14H13F3N4S/c1-2-3-8-22-12-11-19-20-13(14(15,16)17)21(11)10-7-5-4-6-9(10)18-12/h4-7H,2-3,8H2,1H3. The van der Waals surface area contributed by atoms with Crippen LogP contribution < -0.4 is 0 Å². The number of benzene rings is 1. The second-order valence-corrected chi connectivity index (χ2v) is 5.87. The van der Waals surface area contributed by atoms with E-state index in [2.05, 4.69) is 22.1 Å². The third-order valence-corrected chi connectivity index (χ3v) is 4.23. The molecule has 0 N–H and O–H groups in total. The molecule has 1 aromatic carbocycles. The fraction of sp³-hybridized carbons (Fsp3) is 0.357. The molecule has 0 saturated carbocycles. The van der Waals surface area contributed by atoms with Crippen LogP contribution in [0, 0.1) is 0 Å². The van der Waals surface area contributed by atoms with E-state index in [0.717, 1.165) is 23.0 Å². The van der Waals surface area contributed by atoms with Crippen molar-refractivity contribution in [1.82, 2.24) is 19.6 Å². The zero-order valence-electron chi connectivity index (χ0n) is 11.8. The first-order valence-corrected chi connectivity index (χ1v) is 7.85. The van der Waals surface area contributed by atoms with Crippen LogP contribution in [0.4, 0.5) is 13.2 Å². The number of hydrogen-bond acceptors (Lipinski definition) is 4. The topological polar surface area (TPSA) is 43.1 Å². The summed E-state index contributed by atoms with van der Waals surface area (Å²) in [5.41, 5.74) is 1.01. The monoisotopic (exact) mass is 326 g/mol. The lowest BCUT2D eigenvalue weighted by Crippen LogP contribution is -2.11. The molecule has 0 unspecified atom stereocenters. The van der Waals surface area contributed by atoms with Gasteiger partial charge in [0, 0.05) is 0 Å². The average molecular weight is 326 g/mol. The molecular formula is C14H13F3N4S. The van der Waals surface area contributed by atoms with Gasteiger partial charge in [-0.1, -0.05) is 25.5 Å². The molecule has 3 aromatic rings. The third kappa shape index (κ3) is 2.63. The van der Waals surface area contributed by atoms with Crippen LogP contribution in [0.2, 0.25) is 0 Å². The predicted octanol–water partition coefficient (Wildman–Crippen LogP) is 4.19. The largest absolute Gasteiger partial charge is 0.452 e. The van der Waals surface area contributed by atoms with Crippen molar-refractivity contribution < 1.29 is 13.2 Å². The molecule has 22 heavy (non-hydrogen) atoms. The molecule has 0 saturated heterocycles. The smallest absolute Gasteiger partial charge is 0.267 e. The summed E-state index contributed by atoms with van der Waals surface area (Å²) < 4.78 is 40.6. The molecule has 0 aliphatic rings. The molecule has 0 aliphatic carbocycles. The Balaban J connectivity index is 2.26. The van der Waals surface area contributed by atoms with Gasteiger partial charge in [0.2, 0.25) is 5.82 Å². The molecule has 8 heteroatoms. The van der Waals surface area contributed by atoms with Crippen molar-refractivity contribution in [1.29, 1.82) is 0 Å². The van der Waals surface area contributed by atoms with Gasteiger partial charge < -0.3 is 0 Å². The number of halogens is 3. The zero-order valence-corrected chi connectivity index (χ0v) is 12.6. The van der Waals surface area contributed by atoms with Crippen LogP contribution in [0.15, 0.2) is 29.3 Å². The van der Waals surface area contributed by atoms with Crippen LogP contribution in [0.1, 0.15) is 25.6 Å². The van der Waals surface area contributed by atoms with E-state index >= 15 is 0 Å². The highest BCUT2D eigenvalue weighted by Crippen LogP contribution is 2.32. The van der Waals surface area contributed by atoms with Crippen molar-refractivity contribution in [3.63, 3.8) is 0 Å². The summed E-state index contributed by atoms with van der Waals surface area (Å²) >= 11 is 1.41. The molecule has 0 radical (unpaired) electrons. The van der Waals surface area contributed by atoms with Gasteiger partial charge in [0.1, 0.15) is 5.03 Å². The summed E-state index contributed by atoms with van der Waals surface area (Å²) in [6, 6.07) is 6.71. The minimum atomic E-state index is -4.56. The van der Waals surface area contributed by atoms with Gasteiger partial charge in [0.25, 0.3) is 0 Å². The molecule has 116 valence electrons. The fourth-order valence-electron chi connectivity index (χ4n) is 2.15. The average Bonchev–Trinajstić information content (AvgIpc) is 2.93. The first-order chi connectivity index (χ1) is 10.5. The highest BCUT2D eigenvalue weighted by Gasteiger charge is 2.38. The number of nitrogens with zero attached hydrogens (tertiary/aromatic N) is 4. The second kappa shape index (κ2) is 5.75. The van der Waals surface area contributed by atoms with E-state index < -0.39 is 12.0 Å². The molecule has 0 fully saturated rings. The predicted molar refractivity (Wildman–Crippen MR) is 78.9 cm³/mol. The van der Waals surface area contributed by atoms with Gasteiger partial charge in [0.15, 0.2) is 5.65 Å². The molecule has 2 aromatic heterocycles. The summed E-state index contributed by atoms with van der Waals surface area (Å²) in [5, 5.41) is 7.55. The van der Waals surface area contributed by atoms with E-state index in [9.17, 15) is 13.2 Å². The highest BCUT2D eigenvalue weighted by atomic mass is 32.2. The van der Waals surface area contributed by atoms with Gasteiger partial charge in [-0.15, -0.1) is 22.0 Å². The highest BCUT2D eigenvalue weighted by molar-refractivity contribution is 7.99. The number of hydrogen-bond donors (Lipinski definition) is 0. The van der Waals surface area contributed by atoms with E-state index in [1.54, 1.807) is 24.3 Å². The van der Waals surface area contributed by atoms with E-state index in [1.165, 1.54) is 11.8 Å². The second-order valence-electron chi connectivity index (χ2n) is 4.79. The number of thioether (sulfide) groups is 1. The Morgan fingerprint density at radius 2 is 1.95 bits per heavy atom. The third-order valence-electron chi connectivity index (χ3n) is 3.19. The van der Waals surface area contributed by atoms with Crippen molar-refractivity contribution in [2.24, 2.45) is 0 Å². The lowest BCUT2D eigenvalue weighted by atomic mass is 10.3. The lowest BCUT2D eigenvalue weighted by Gasteiger charge is -2.09. The maximum atomic E-state index is 13.2. The molecule has 0 aliphatic heterocycles. The Morgan fingerprint density at radius 3 is 2.68 bits per heavy atom. The summed E-state index contributed by atoms with van der Waals surface area (Å²) in [5.74, 6) is -0.232. The number of unbranched alkanes of at least 4 members (excludes halogenated alkanes) is 1. The summed E-state index contributed by atoms with van der Waals surface area (Å²) in [4.78, 5) is 4.44. The van der Waals surface area contributed by atoms with Crippen molar-refractivity contribution in [3.8, 4) is 0 Å². The Bertz CT molecular complexity index is 813. The SMILES string of the molecule is CCCCSc1nc2ccccc2n2c(C(F)(F)F)nnc12. The first kappa shape index (κ1) is 15.1. The maximum absolute atomic E-state index is 13.2. The normalized spacial score (nSPS) is 12.4. The van der Waals surface area contributed by atoms with Crippen LogP contribution in [-0.2, 0) is 6.18 Å². The zero-order chi connectivity index (χ0) is 15.7. The molecule has 3 rings (SSSR count). The Morgan fingerprint density at radius 1 is 1.18 bits per heavy atom. The number of fused-ring (bicyclic) bond motifs is 3. The lowest BCUT2D eigenvalue weighted by molar-refractivity contribution is -0.145. The molecule has 0 amide bonds. The molecule has 0 spiro atoms. The Labute approximate surface area is 128 Å². The van der Waals surface area contributed by atoms with E-state index in [1.807, 2.05) is 0 Å². The van der Waals surface area contributed by atoms with Crippen LogP contribution in [0.5, 0.6) is 0 Å². The Kier molecular flexibility index (Phi) is 3.94. The van der Waals surface area contributed by atoms with Crippen molar-refractivity contribution >= 4 is 28.4 Å². The van der Waals surface area contributed by atoms with Gasteiger partial charge in [-0.25, -0.2) is 4.98 Å². The number of alkyl halides is 3. The van der Waals surface area contributed by atoms with Crippen LogP contribution in [0.3, 0.4) is 0 Å². The quantitative estimate of drug-likeness (QED) is 0.533. The first-order valence-electron chi connectivity index (χ1n) is 6.86. The van der Waals surface area contributed by atoms with Gasteiger partial charge in [-0.3, -0.25) is 4.40 Å². The summed E-state index contributed by atoms with van der Waals surface area (Å²) in [7, 11) is 0. The van der Waals surface area contributed by atoms with Crippen molar-refractivity contribution in [2.45, 2.75) is 31.0 Å². The van der Waals surface area contributed by atoms with E-state index in [0.29, 0.717) is 16.1 Å². The molecule has 0 atom stereocenters. The summed E-state index contributed by atoms with van der Waals surface area (Å²) in [6.45, 7) is 2.06. The fourth-order valence-corrected chi connectivity index (χ4v) is 3.20. The van der Waals surface area contributed by atoms with Gasteiger partial charge in [-0.2, -0.15) is 13.2 Å². The van der Waals surface area contributed by atoms with E-state index in [4.69, 9.17) is 0 Å². The van der Waals surface area contributed by atoms with Gasteiger partial charge >= 0.3 is 6.18 Å². The molecular weight excluding hydrogens is 313 g/mol. The van der Waals surface area contributed by atoms with Crippen molar-refractivity contribution in [2.75, 3.05) is 5.75 Å². The van der Waals surface area contributed by atoms with Crippen LogP contribution >= 0.6 is 11.8 Å². The van der Waals surface area contributed by atoms with Crippen LogP contribution in [0.25, 0.3) is 16.7 Å². The number of aromatic nitrogens is 4. The van der Waals surface area contributed by atoms with Gasteiger partial charge in [-0.05, 0) is 24.3 Å². The summed E-state index contributed by atoms with van der Waals surface area (Å²) in [6.07, 6.45) is -2.59. The minimum Gasteiger partial charge on any atom is -0.267 e. The molecule has 0 bridgehead atoms. The van der Waals surface area contributed by atoms with Gasteiger partial charge in [0.05, 0.1) is 11.0 Å². The Hall–Kier alpha value is -1.83.